The summed E-state index contributed by atoms with van der Waals surface area (Å²) in [6, 6.07) is 1.80. The summed E-state index contributed by atoms with van der Waals surface area (Å²) in [6.45, 7) is 0.0468. The number of nitro groups is 1. The van der Waals surface area contributed by atoms with E-state index in [4.69, 9.17) is 16.7 Å². The van der Waals surface area contributed by atoms with Crippen molar-refractivity contribution in [1.29, 1.82) is 0 Å². The smallest absolute Gasteiger partial charge is 0.311 e. The number of hydrogen-bond acceptors (Lipinski definition) is 4. The fraction of sp³-hybridized carbons (Fsp3) is 0.364. The van der Waals surface area contributed by atoms with Crippen LogP contribution in [0, 0.1) is 21.3 Å². The van der Waals surface area contributed by atoms with Gasteiger partial charge in [0.2, 0.25) is 0 Å². The van der Waals surface area contributed by atoms with Crippen molar-refractivity contribution in [2.75, 3.05) is 11.9 Å². The maximum absolute atomic E-state index is 13.2. The number of hydrogen-bond donors (Lipinski definition) is 2. The summed E-state index contributed by atoms with van der Waals surface area (Å²) in [5, 5.41) is 22.2. The Hall–Kier alpha value is -1.89. The van der Waals surface area contributed by atoms with Crippen molar-refractivity contribution in [3.63, 3.8) is 0 Å². The van der Waals surface area contributed by atoms with Crippen LogP contribution >= 0.6 is 11.6 Å². The average Bonchev–Trinajstić information content (AvgIpc) is 3.11. The Balaban J connectivity index is 2.22. The Labute approximate surface area is 112 Å². The molecule has 1 saturated carbocycles. The molecule has 0 amide bonds. The molecule has 0 saturated heterocycles. The van der Waals surface area contributed by atoms with Gasteiger partial charge in [0.15, 0.2) is 0 Å². The van der Waals surface area contributed by atoms with Gasteiger partial charge in [-0.25, -0.2) is 4.39 Å². The minimum absolute atomic E-state index is 0.0175. The highest BCUT2D eigenvalue weighted by Crippen LogP contribution is 2.46. The number of carboxylic acid groups (broad SMARTS) is 1. The third-order valence-corrected chi connectivity index (χ3v) is 3.45. The van der Waals surface area contributed by atoms with Crippen molar-refractivity contribution in [2.45, 2.75) is 12.8 Å². The number of anilines is 1. The van der Waals surface area contributed by atoms with Gasteiger partial charge in [-0.1, -0.05) is 11.6 Å². The maximum atomic E-state index is 13.2. The fourth-order valence-electron chi connectivity index (χ4n) is 1.71. The van der Waals surface area contributed by atoms with Crippen LogP contribution in [0.4, 0.5) is 15.8 Å². The summed E-state index contributed by atoms with van der Waals surface area (Å²) in [5.74, 6) is -1.84. The second-order valence-corrected chi connectivity index (χ2v) is 4.89. The summed E-state index contributed by atoms with van der Waals surface area (Å²) in [7, 11) is 0. The molecule has 0 aliphatic heterocycles. The third-order valence-electron chi connectivity index (χ3n) is 3.16. The molecule has 2 N–H and O–H groups in total. The first-order chi connectivity index (χ1) is 8.85. The molecule has 102 valence electrons. The molecule has 0 bridgehead atoms. The fourth-order valence-corrected chi connectivity index (χ4v) is 1.87. The lowest BCUT2D eigenvalue weighted by Gasteiger charge is -2.12. The summed E-state index contributed by atoms with van der Waals surface area (Å²) < 4.78 is 13.2. The van der Waals surface area contributed by atoms with Gasteiger partial charge in [0.05, 0.1) is 21.4 Å². The van der Waals surface area contributed by atoms with E-state index in [1.54, 1.807) is 0 Å². The Morgan fingerprint density at radius 3 is 2.68 bits per heavy atom. The molecular formula is C11H10ClFN2O4. The predicted octanol–water partition coefficient (Wildman–Crippen LogP) is 2.66. The highest BCUT2D eigenvalue weighted by Gasteiger charge is 2.50. The zero-order chi connectivity index (χ0) is 14.2. The highest BCUT2D eigenvalue weighted by molar-refractivity contribution is 6.31. The van der Waals surface area contributed by atoms with E-state index >= 15 is 0 Å². The Bertz CT molecular complexity index is 560. The molecule has 2 rings (SSSR count). The number of nitrogens with zero attached hydrogens (tertiary/aromatic N) is 1. The van der Waals surface area contributed by atoms with Crippen LogP contribution in [0.2, 0.25) is 5.02 Å². The van der Waals surface area contributed by atoms with Gasteiger partial charge in [-0.3, -0.25) is 14.9 Å². The lowest BCUT2D eigenvalue weighted by Crippen LogP contribution is -2.24. The van der Waals surface area contributed by atoms with Crippen LogP contribution in [0.3, 0.4) is 0 Å². The van der Waals surface area contributed by atoms with E-state index in [0.29, 0.717) is 18.9 Å². The second kappa shape index (κ2) is 4.65. The van der Waals surface area contributed by atoms with Crippen LogP contribution < -0.4 is 5.32 Å². The minimum atomic E-state index is -0.948. The first-order valence-electron chi connectivity index (χ1n) is 5.46. The molecule has 1 aromatic rings. The first kappa shape index (κ1) is 13.5. The van der Waals surface area contributed by atoms with E-state index in [9.17, 15) is 19.3 Å². The molecule has 1 aromatic carbocycles. The predicted molar refractivity (Wildman–Crippen MR) is 65.9 cm³/mol. The van der Waals surface area contributed by atoms with E-state index in [1.807, 2.05) is 0 Å². The molecule has 8 heteroatoms. The van der Waals surface area contributed by atoms with Gasteiger partial charge in [0.1, 0.15) is 11.5 Å². The van der Waals surface area contributed by atoms with Gasteiger partial charge in [0, 0.05) is 6.54 Å². The molecule has 1 aliphatic rings. The summed E-state index contributed by atoms with van der Waals surface area (Å²) >= 11 is 5.56. The van der Waals surface area contributed by atoms with Crippen molar-refractivity contribution in [2.24, 2.45) is 5.41 Å². The zero-order valence-electron chi connectivity index (χ0n) is 9.65. The van der Waals surface area contributed by atoms with Crippen LogP contribution in [0.5, 0.6) is 0 Å². The molecule has 0 atom stereocenters. The topological polar surface area (TPSA) is 92.5 Å². The maximum Gasteiger partial charge on any atom is 0.311 e. The number of carboxylic acids is 1. The van der Waals surface area contributed by atoms with Crippen molar-refractivity contribution in [3.05, 3.63) is 33.1 Å². The van der Waals surface area contributed by atoms with Crippen LogP contribution in [0.15, 0.2) is 12.1 Å². The third kappa shape index (κ3) is 2.60. The molecule has 0 radical (unpaired) electrons. The van der Waals surface area contributed by atoms with Crippen LogP contribution in [0.25, 0.3) is 0 Å². The van der Waals surface area contributed by atoms with Gasteiger partial charge in [0.25, 0.3) is 5.69 Å². The Kier molecular flexibility index (Phi) is 3.32. The molecule has 0 unspecified atom stereocenters. The number of nitrogens with one attached hydrogen (secondary N) is 1. The Morgan fingerprint density at radius 2 is 2.21 bits per heavy atom. The normalized spacial score (nSPS) is 15.9. The molecule has 1 aliphatic carbocycles. The monoisotopic (exact) mass is 288 g/mol. The lowest BCUT2D eigenvalue weighted by molar-refractivity contribution is -0.384. The molecule has 0 aromatic heterocycles. The van der Waals surface area contributed by atoms with E-state index in [1.165, 1.54) is 0 Å². The molecule has 6 nitrogen and oxygen atoms in total. The summed E-state index contributed by atoms with van der Waals surface area (Å²) in [5.41, 5.74) is -1.33. The first-order valence-corrected chi connectivity index (χ1v) is 5.84. The standard InChI is InChI=1S/C11H10ClFN2O4/c12-6-3-8(9(15(18)19)4-7(6)13)14-5-11(1-2-11)10(16)17/h3-4,14H,1-2,5H2,(H,16,17). The number of carbonyl (C=O) groups is 1. The quantitative estimate of drug-likeness (QED) is 0.642. The molecular weight excluding hydrogens is 279 g/mol. The summed E-state index contributed by atoms with van der Waals surface area (Å²) in [6.07, 6.45) is 1.02. The van der Waals surface area contributed by atoms with Crippen molar-refractivity contribution < 1.29 is 19.2 Å². The number of nitro benzene ring substituents is 1. The largest absolute Gasteiger partial charge is 0.481 e. The molecule has 1 fully saturated rings. The molecule has 0 heterocycles. The lowest BCUT2D eigenvalue weighted by atomic mass is 10.1. The van der Waals surface area contributed by atoms with Crippen molar-refractivity contribution in [1.82, 2.24) is 0 Å². The SMILES string of the molecule is O=C(O)C1(CNc2cc(Cl)c(F)cc2[N+](=O)[O-])CC1. The molecule has 19 heavy (non-hydrogen) atoms. The number of benzene rings is 1. The van der Waals surface area contributed by atoms with E-state index in [-0.39, 0.29) is 17.3 Å². The Morgan fingerprint density at radius 1 is 1.58 bits per heavy atom. The summed E-state index contributed by atoms with van der Waals surface area (Å²) in [4.78, 5) is 21.0. The number of aliphatic carboxylic acids is 1. The number of halogens is 2. The van der Waals surface area contributed by atoms with Crippen molar-refractivity contribution in [3.8, 4) is 0 Å². The van der Waals surface area contributed by atoms with Crippen LogP contribution in [-0.2, 0) is 4.79 Å². The van der Waals surface area contributed by atoms with Gasteiger partial charge in [-0.2, -0.15) is 0 Å². The zero-order valence-corrected chi connectivity index (χ0v) is 10.4. The van der Waals surface area contributed by atoms with E-state index in [2.05, 4.69) is 5.32 Å². The van der Waals surface area contributed by atoms with E-state index < -0.39 is 27.8 Å². The van der Waals surface area contributed by atoms with Gasteiger partial charge in [-0.05, 0) is 18.9 Å². The average molecular weight is 289 g/mol. The molecule has 0 spiro atoms. The van der Waals surface area contributed by atoms with Crippen LogP contribution in [0.1, 0.15) is 12.8 Å². The van der Waals surface area contributed by atoms with E-state index in [0.717, 1.165) is 6.07 Å². The van der Waals surface area contributed by atoms with Gasteiger partial charge in [-0.15, -0.1) is 0 Å². The van der Waals surface area contributed by atoms with Crippen molar-refractivity contribution >= 4 is 28.9 Å². The van der Waals surface area contributed by atoms with Crippen LogP contribution in [-0.4, -0.2) is 22.5 Å². The highest BCUT2D eigenvalue weighted by atomic mass is 35.5. The number of rotatable bonds is 5. The minimum Gasteiger partial charge on any atom is -0.481 e. The second-order valence-electron chi connectivity index (χ2n) is 4.48. The van der Waals surface area contributed by atoms with Gasteiger partial charge >= 0.3 is 5.97 Å². The van der Waals surface area contributed by atoms with Gasteiger partial charge < -0.3 is 10.4 Å².